The fraction of sp³-hybridized carbons (Fsp3) is 0.583. The first-order valence-corrected chi connectivity index (χ1v) is 7.02. The van der Waals surface area contributed by atoms with Crippen molar-refractivity contribution in [2.75, 3.05) is 0 Å². The molecule has 16 heavy (non-hydrogen) atoms. The van der Waals surface area contributed by atoms with Gasteiger partial charge in [-0.25, -0.2) is 4.98 Å². The first-order chi connectivity index (χ1) is 7.32. The second-order valence-electron chi connectivity index (χ2n) is 5.05. The molecule has 0 aliphatic heterocycles. The number of hydrogen-bond acceptors (Lipinski definition) is 3. The highest BCUT2D eigenvalue weighted by molar-refractivity contribution is 9.10. The Kier molecular flexibility index (Phi) is 4.83. The van der Waals surface area contributed by atoms with Gasteiger partial charge >= 0.3 is 0 Å². The molecule has 1 aromatic rings. The summed E-state index contributed by atoms with van der Waals surface area (Å²) in [6, 6.07) is 4.07. The van der Waals surface area contributed by atoms with Crippen LogP contribution in [-0.2, 0) is 0 Å². The molecule has 0 spiro atoms. The van der Waals surface area contributed by atoms with Crippen molar-refractivity contribution in [3.63, 3.8) is 0 Å². The van der Waals surface area contributed by atoms with Crippen LogP contribution in [0.25, 0.3) is 0 Å². The maximum atomic E-state index is 6.06. The number of nitrogens with two attached hydrogens (primary N) is 1. The molecule has 1 rings (SSSR count). The molecule has 0 amide bonds. The van der Waals surface area contributed by atoms with Crippen LogP contribution in [0.5, 0.6) is 0 Å². The highest BCUT2D eigenvalue weighted by Gasteiger charge is 2.29. The zero-order valence-electron chi connectivity index (χ0n) is 10.2. The fourth-order valence-corrected chi connectivity index (χ4v) is 3.30. The topological polar surface area (TPSA) is 38.9 Å². The molecule has 2 atom stereocenters. The Labute approximate surface area is 111 Å². The van der Waals surface area contributed by atoms with Gasteiger partial charge in [-0.05, 0) is 40.4 Å². The lowest BCUT2D eigenvalue weighted by molar-refractivity contribution is 0.363. The van der Waals surface area contributed by atoms with Crippen molar-refractivity contribution in [2.24, 2.45) is 11.1 Å². The van der Waals surface area contributed by atoms with Gasteiger partial charge < -0.3 is 5.73 Å². The van der Waals surface area contributed by atoms with E-state index >= 15 is 0 Å². The Bertz CT molecular complexity index is 347. The molecule has 0 bridgehead atoms. The number of halogens is 1. The third-order valence-corrected chi connectivity index (χ3v) is 5.14. The molecule has 0 radical (unpaired) electrons. The maximum Gasteiger partial charge on any atom is 0.111 e. The van der Waals surface area contributed by atoms with Crippen molar-refractivity contribution in [3.8, 4) is 0 Å². The van der Waals surface area contributed by atoms with Gasteiger partial charge in [0.1, 0.15) is 5.03 Å². The van der Waals surface area contributed by atoms with Gasteiger partial charge in [0.25, 0.3) is 0 Å². The summed E-state index contributed by atoms with van der Waals surface area (Å²) < 4.78 is 1.04. The monoisotopic (exact) mass is 302 g/mol. The molecule has 0 fully saturated rings. The summed E-state index contributed by atoms with van der Waals surface area (Å²) in [5.74, 6) is 0. The van der Waals surface area contributed by atoms with Gasteiger partial charge in [-0.15, -0.1) is 0 Å². The number of rotatable bonds is 3. The number of hydrogen-bond donors (Lipinski definition) is 1. The van der Waals surface area contributed by atoms with Crippen LogP contribution in [0.2, 0.25) is 0 Å². The van der Waals surface area contributed by atoms with Gasteiger partial charge in [0.2, 0.25) is 0 Å². The van der Waals surface area contributed by atoms with Crippen molar-refractivity contribution in [1.82, 2.24) is 4.98 Å². The van der Waals surface area contributed by atoms with Gasteiger partial charge in [-0.2, -0.15) is 0 Å². The quantitative estimate of drug-likeness (QED) is 0.865. The molecule has 1 aromatic heterocycles. The van der Waals surface area contributed by atoms with Gasteiger partial charge in [-0.3, -0.25) is 0 Å². The summed E-state index contributed by atoms with van der Waals surface area (Å²) >= 11 is 5.26. The summed E-state index contributed by atoms with van der Waals surface area (Å²) in [5.41, 5.74) is 6.22. The highest BCUT2D eigenvalue weighted by atomic mass is 79.9. The fourth-order valence-electron chi connectivity index (χ4n) is 1.65. The Morgan fingerprint density at radius 2 is 2.06 bits per heavy atom. The van der Waals surface area contributed by atoms with Crippen molar-refractivity contribution >= 4 is 27.7 Å². The third kappa shape index (κ3) is 3.75. The normalized spacial score (nSPS) is 15.9. The summed E-state index contributed by atoms with van der Waals surface area (Å²) in [6.07, 6.45) is 1.81. The van der Waals surface area contributed by atoms with Gasteiger partial charge in [0.05, 0.1) is 0 Å². The highest BCUT2D eigenvalue weighted by Crippen LogP contribution is 2.38. The number of thioether (sulfide) groups is 1. The SMILES string of the molecule is CC(N)C(Sc1ncccc1Br)C(C)(C)C. The summed E-state index contributed by atoms with van der Waals surface area (Å²) in [7, 11) is 0. The van der Waals surface area contributed by atoms with Crippen molar-refractivity contribution in [1.29, 1.82) is 0 Å². The molecule has 2 unspecified atom stereocenters. The van der Waals surface area contributed by atoms with Crippen molar-refractivity contribution < 1.29 is 0 Å². The van der Waals surface area contributed by atoms with Crippen LogP contribution in [-0.4, -0.2) is 16.3 Å². The Hall–Kier alpha value is -0.0600. The predicted molar refractivity (Wildman–Crippen MR) is 74.7 cm³/mol. The lowest BCUT2D eigenvalue weighted by Gasteiger charge is -2.33. The summed E-state index contributed by atoms with van der Waals surface area (Å²) in [5, 5.41) is 1.36. The number of nitrogens with zero attached hydrogens (tertiary/aromatic N) is 1. The van der Waals surface area contributed by atoms with E-state index < -0.39 is 0 Å². The average molecular weight is 303 g/mol. The molecular weight excluding hydrogens is 284 g/mol. The zero-order valence-corrected chi connectivity index (χ0v) is 12.6. The van der Waals surface area contributed by atoms with E-state index in [0.717, 1.165) is 9.50 Å². The van der Waals surface area contributed by atoms with Crippen LogP contribution >= 0.6 is 27.7 Å². The van der Waals surface area contributed by atoms with E-state index in [4.69, 9.17) is 5.73 Å². The molecule has 0 aromatic carbocycles. The van der Waals surface area contributed by atoms with Crippen LogP contribution in [0.1, 0.15) is 27.7 Å². The van der Waals surface area contributed by atoms with E-state index in [1.165, 1.54) is 0 Å². The van der Waals surface area contributed by atoms with E-state index in [2.05, 4.69) is 48.6 Å². The van der Waals surface area contributed by atoms with E-state index in [1.54, 1.807) is 11.8 Å². The second-order valence-corrected chi connectivity index (χ2v) is 7.04. The second kappa shape index (κ2) is 5.52. The van der Waals surface area contributed by atoms with Crippen molar-refractivity contribution in [3.05, 3.63) is 22.8 Å². The third-order valence-electron chi connectivity index (χ3n) is 2.29. The Morgan fingerprint density at radius 1 is 1.44 bits per heavy atom. The maximum absolute atomic E-state index is 6.06. The smallest absolute Gasteiger partial charge is 0.111 e. The molecule has 2 nitrogen and oxygen atoms in total. The van der Waals surface area contributed by atoms with Crippen molar-refractivity contribution in [2.45, 2.75) is 44.0 Å². The minimum atomic E-state index is 0.138. The van der Waals surface area contributed by atoms with Gasteiger partial charge in [-0.1, -0.05) is 32.5 Å². The standard InChI is InChI=1S/C12H19BrN2S/c1-8(14)10(12(2,3)4)16-11-9(13)6-5-7-15-11/h5-8,10H,14H2,1-4H3. The molecular formula is C12H19BrN2S. The minimum absolute atomic E-state index is 0.138. The molecule has 0 saturated heterocycles. The first-order valence-electron chi connectivity index (χ1n) is 5.35. The van der Waals surface area contributed by atoms with E-state index in [9.17, 15) is 0 Å². The summed E-state index contributed by atoms with van der Waals surface area (Å²) in [4.78, 5) is 4.37. The zero-order chi connectivity index (χ0) is 12.3. The van der Waals surface area contributed by atoms with Crippen LogP contribution in [0.3, 0.4) is 0 Å². The van der Waals surface area contributed by atoms with Crippen LogP contribution < -0.4 is 5.73 Å². The average Bonchev–Trinajstić information content (AvgIpc) is 2.14. The largest absolute Gasteiger partial charge is 0.327 e. The molecule has 90 valence electrons. The van der Waals surface area contributed by atoms with Crippen LogP contribution in [0.4, 0.5) is 0 Å². The Balaban J connectivity index is 2.89. The van der Waals surface area contributed by atoms with Crippen LogP contribution in [0.15, 0.2) is 27.8 Å². The van der Waals surface area contributed by atoms with E-state index in [1.807, 2.05) is 18.3 Å². The molecule has 0 aliphatic carbocycles. The van der Waals surface area contributed by atoms with Crippen LogP contribution in [0, 0.1) is 5.41 Å². The molecule has 2 N–H and O–H groups in total. The molecule has 4 heteroatoms. The lowest BCUT2D eigenvalue weighted by atomic mass is 9.88. The molecule has 1 heterocycles. The molecule has 0 aliphatic rings. The van der Waals surface area contributed by atoms with Gasteiger partial charge in [0.15, 0.2) is 0 Å². The summed E-state index contributed by atoms with van der Waals surface area (Å²) in [6.45, 7) is 8.69. The minimum Gasteiger partial charge on any atom is -0.327 e. The first kappa shape index (κ1) is 14.0. The lowest BCUT2D eigenvalue weighted by Crippen LogP contribution is -2.39. The predicted octanol–water partition coefficient (Wildman–Crippen LogP) is 3.70. The number of pyridine rings is 1. The van der Waals surface area contributed by atoms with E-state index in [-0.39, 0.29) is 11.5 Å². The molecule has 0 saturated carbocycles. The number of aromatic nitrogens is 1. The van der Waals surface area contributed by atoms with Gasteiger partial charge in [0, 0.05) is 22.0 Å². The Morgan fingerprint density at radius 3 is 2.50 bits per heavy atom. The van der Waals surface area contributed by atoms with E-state index in [0.29, 0.717) is 5.25 Å².